The summed E-state index contributed by atoms with van der Waals surface area (Å²) in [6.45, 7) is 2.51. The van der Waals surface area contributed by atoms with Crippen LogP contribution in [0, 0.1) is 23.1 Å². The summed E-state index contributed by atoms with van der Waals surface area (Å²) in [5.41, 5.74) is 0.265. The summed E-state index contributed by atoms with van der Waals surface area (Å²) in [6, 6.07) is 11.8. The van der Waals surface area contributed by atoms with Crippen LogP contribution in [0.5, 0.6) is 0 Å². The van der Waals surface area contributed by atoms with Gasteiger partial charge in [-0.3, -0.25) is 0 Å². The number of aliphatic hydroxyl groups is 1. The molecular formula is C29H32F4N4O2. The minimum absolute atomic E-state index is 0.00969. The molecule has 0 radical (unpaired) electrons. The fourth-order valence-electron chi connectivity index (χ4n) is 6.49. The summed E-state index contributed by atoms with van der Waals surface area (Å²) in [5, 5.41) is 21.7. The molecule has 10 heteroatoms. The van der Waals surface area contributed by atoms with Crippen molar-refractivity contribution in [2.24, 2.45) is 5.92 Å². The van der Waals surface area contributed by atoms with Gasteiger partial charge in [0.05, 0.1) is 23.3 Å². The number of halogens is 4. The van der Waals surface area contributed by atoms with Gasteiger partial charge in [0.1, 0.15) is 5.82 Å². The SMILES string of the molecule is N#Cc1cccc([C@]23CC[C@@H](N(CCCN4CC[C@H](O)C4)C(=O)Nc4ccc(F)c(C(F)(F)F)c4)CC2C3)c1. The minimum Gasteiger partial charge on any atom is -0.392 e. The summed E-state index contributed by atoms with van der Waals surface area (Å²) >= 11 is 0. The fraction of sp³-hybridized carbons (Fsp3) is 0.517. The van der Waals surface area contributed by atoms with E-state index in [9.17, 15) is 32.7 Å². The average Bonchev–Trinajstić information content (AvgIpc) is 3.51. The maximum Gasteiger partial charge on any atom is 0.419 e. The lowest BCUT2D eigenvalue weighted by Crippen LogP contribution is -2.46. The zero-order valence-corrected chi connectivity index (χ0v) is 21.6. The zero-order valence-electron chi connectivity index (χ0n) is 21.6. The molecule has 2 N–H and O–H groups in total. The van der Waals surface area contributed by atoms with Gasteiger partial charge in [-0.05, 0) is 92.3 Å². The lowest BCUT2D eigenvalue weighted by atomic mass is 9.80. The van der Waals surface area contributed by atoms with Gasteiger partial charge in [-0.15, -0.1) is 0 Å². The van der Waals surface area contributed by atoms with Crippen molar-refractivity contribution in [3.05, 3.63) is 65.0 Å². The van der Waals surface area contributed by atoms with Crippen LogP contribution in [-0.2, 0) is 11.6 Å². The van der Waals surface area contributed by atoms with Crippen LogP contribution in [0.3, 0.4) is 0 Å². The standard InChI is InChI=1S/C29H32F4N4O2/c30-26-6-5-22(15-25(26)29(31,32)33)35-27(39)37(11-2-10-36-12-8-24(38)18-36)23-7-9-28(16-21(28)14-23)20-4-1-3-19(13-20)17-34/h1,3-6,13,15,21,23-24,38H,2,7-12,14,16,18H2,(H,35,39)/t21?,23-,24+,28-/m1/s1. The number of nitrogens with one attached hydrogen (secondary N) is 1. The highest BCUT2D eigenvalue weighted by atomic mass is 19.4. The van der Waals surface area contributed by atoms with Gasteiger partial charge in [-0.2, -0.15) is 18.4 Å². The number of urea groups is 1. The number of hydrogen-bond donors (Lipinski definition) is 2. The number of carbonyl (C=O) groups is 1. The van der Waals surface area contributed by atoms with Crippen molar-refractivity contribution in [3.8, 4) is 6.07 Å². The average molecular weight is 545 g/mol. The Morgan fingerprint density at radius 1 is 1.23 bits per heavy atom. The summed E-state index contributed by atoms with van der Waals surface area (Å²) in [5.74, 6) is -1.03. The van der Waals surface area contributed by atoms with E-state index in [1.165, 1.54) is 0 Å². The van der Waals surface area contributed by atoms with Crippen molar-refractivity contribution in [2.45, 2.75) is 62.3 Å². The molecule has 1 heterocycles. The second-order valence-corrected chi connectivity index (χ2v) is 11.1. The van der Waals surface area contributed by atoms with Gasteiger partial charge in [0.15, 0.2) is 0 Å². The molecule has 2 amide bonds. The molecule has 2 aromatic carbocycles. The van der Waals surface area contributed by atoms with Crippen molar-refractivity contribution in [1.82, 2.24) is 9.80 Å². The first-order chi connectivity index (χ1) is 18.6. The molecule has 4 atom stereocenters. The maximum atomic E-state index is 13.8. The third-order valence-electron chi connectivity index (χ3n) is 8.62. The Morgan fingerprint density at radius 2 is 2.05 bits per heavy atom. The minimum atomic E-state index is -4.87. The molecule has 1 saturated heterocycles. The van der Waals surface area contributed by atoms with E-state index in [1.807, 2.05) is 12.1 Å². The van der Waals surface area contributed by atoms with Gasteiger partial charge in [-0.25, -0.2) is 9.18 Å². The van der Waals surface area contributed by atoms with Gasteiger partial charge in [-0.1, -0.05) is 12.1 Å². The van der Waals surface area contributed by atoms with Crippen LogP contribution in [0.2, 0.25) is 0 Å². The number of nitrogens with zero attached hydrogens (tertiary/aromatic N) is 3. The molecular weight excluding hydrogens is 512 g/mol. The lowest BCUT2D eigenvalue weighted by Gasteiger charge is -2.37. The number of carbonyl (C=O) groups excluding carboxylic acids is 1. The van der Waals surface area contributed by atoms with Gasteiger partial charge in [0.2, 0.25) is 0 Å². The molecule has 208 valence electrons. The number of fused-ring (bicyclic) bond motifs is 1. The molecule has 2 aromatic rings. The molecule has 39 heavy (non-hydrogen) atoms. The molecule has 0 spiro atoms. The van der Waals surface area contributed by atoms with E-state index in [2.05, 4.69) is 22.4 Å². The number of alkyl halides is 3. The van der Waals surface area contributed by atoms with E-state index in [0.29, 0.717) is 43.6 Å². The largest absolute Gasteiger partial charge is 0.419 e. The summed E-state index contributed by atoms with van der Waals surface area (Å²) in [4.78, 5) is 17.3. The number of aliphatic hydroxyl groups excluding tert-OH is 1. The van der Waals surface area contributed by atoms with E-state index in [0.717, 1.165) is 56.3 Å². The number of nitriles is 1. The predicted molar refractivity (Wildman–Crippen MR) is 137 cm³/mol. The number of likely N-dealkylation sites (tertiary alicyclic amines) is 1. The van der Waals surface area contributed by atoms with E-state index in [4.69, 9.17) is 0 Å². The number of amides is 2. The first kappa shape index (κ1) is 27.4. The van der Waals surface area contributed by atoms with E-state index < -0.39 is 23.6 Å². The summed E-state index contributed by atoms with van der Waals surface area (Å²) in [7, 11) is 0. The molecule has 0 aromatic heterocycles. The molecule has 3 aliphatic rings. The van der Waals surface area contributed by atoms with Crippen molar-refractivity contribution in [3.63, 3.8) is 0 Å². The quantitative estimate of drug-likeness (QED) is 0.450. The van der Waals surface area contributed by atoms with Crippen LogP contribution in [0.25, 0.3) is 0 Å². The highest BCUT2D eigenvalue weighted by Gasteiger charge is 2.58. The number of rotatable bonds is 7. The normalized spacial score (nSPS) is 26.5. The van der Waals surface area contributed by atoms with Crippen LogP contribution in [-0.4, -0.2) is 59.3 Å². The Hall–Kier alpha value is -3.16. The van der Waals surface area contributed by atoms with Crippen LogP contribution in [0.1, 0.15) is 55.2 Å². The summed E-state index contributed by atoms with van der Waals surface area (Å²) < 4.78 is 53.5. The Bertz CT molecular complexity index is 1260. The monoisotopic (exact) mass is 544 g/mol. The van der Waals surface area contributed by atoms with Crippen molar-refractivity contribution < 1.29 is 27.5 Å². The molecule has 1 unspecified atom stereocenters. The third kappa shape index (κ3) is 5.89. The highest BCUT2D eigenvalue weighted by Crippen LogP contribution is 2.63. The van der Waals surface area contributed by atoms with Gasteiger partial charge < -0.3 is 20.2 Å². The summed E-state index contributed by atoms with van der Waals surface area (Å²) in [6.07, 6.45) is -0.493. The van der Waals surface area contributed by atoms with E-state index in [-0.39, 0.29) is 23.2 Å². The first-order valence-corrected chi connectivity index (χ1v) is 13.4. The maximum absolute atomic E-state index is 13.8. The van der Waals surface area contributed by atoms with E-state index >= 15 is 0 Å². The molecule has 5 rings (SSSR count). The Balaban J connectivity index is 1.29. The van der Waals surface area contributed by atoms with Crippen LogP contribution >= 0.6 is 0 Å². The number of hydrogen-bond acceptors (Lipinski definition) is 4. The van der Waals surface area contributed by atoms with Gasteiger partial charge in [0.25, 0.3) is 0 Å². The van der Waals surface area contributed by atoms with Crippen molar-refractivity contribution in [2.75, 3.05) is 31.5 Å². The number of anilines is 1. The third-order valence-corrected chi connectivity index (χ3v) is 8.62. The molecule has 3 fully saturated rings. The molecule has 0 bridgehead atoms. The second kappa shape index (κ2) is 10.8. The first-order valence-electron chi connectivity index (χ1n) is 13.4. The van der Waals surface area contributed by atoms with E-state index in [1.54, 1.807) is 11.0 Å². The highest BCUT2D eigenvalue weighted by molar-refractivity contribution is 5.89. The topological polar surface area (TPSA) is 79.6 Å². The van der Waals surface area contributed by atoms with Crippen molar-refractivity contribution >= 4 is 11.7 Å². The second-order valence-electron chi connectivity index (χ2n) is 11.1. The number of benzene rings is 2. The Kier molecular flexibility index (Phi) is 7.57. The van der Waals surface area contributed by atoms with Crippen LogP contribution < -0.4 is 5.32 Å². The Morgan fingerprint density at radius 3 is 2.74 bits per heavy atom. The molecule has 2 aliphatic carbocycles. The lowest BCUT2D eigenvalue weighted by molar-refractivity contribution is -0.139. The van der Waals surface area contributed by atoms with Gasteiger partial charge >= 0.3 is 12.2 Å². The van der Waals surface area contributed by atoms with Crippen LogP contribution in [0.4, 0.5) is 28.0 Å². The predicted octanol–water partition coefficient (Wildman–Crippen LogP) is 5.52. The van der Waals surface area contributed by atoms with Crippen molar-refractivity contribution in [1.29, 1.82) is 5.26 Å². The fourth-order valence-corrected chi connectivity index (χ4v) is 6.49. The molecule has 1 aliphatic heterocycles. The Labute approximate surface area is 225 Å². The molecule has 2 saturated carbocycles. The number of β-amino-alcohol motifs (C(OH)–C–C–N with tert-alkyl or cyclic N) is 1. The smallest absolute Gasteiger partial charge is 0.392 e. The zero-order chi connectivity index (χ0) is 27.8. The van der Waals surface area contributed by atoms with Crippen LogP contribution in [0.15, 0.2) is 42.5 Å². The molecule has 6 nitrogen and oxygen atoms in total. The van der Waals surface area contributed by atoms with Gasteiger partial charge in [0, 0.05) is 31.4 Å².